The Kier molecular flexibility index (Phi) is 4.44. The molecule has 1 amide bonds. The Hall–Kier alpha value is -3.00. The number of likely N-dealkylation sites (tertiary alicyclic amines) is 1. The molecular formula is C18H17N3O2. The van der Waals surface area contributed by atoms with Crippen LogP contribution >= 0.6 is 0 Å². The molecule has 2 aromatic carbocycles. The van der Waals surface area contributed by atoms with Crippen molar-refractivity contribution in [2.75, 3.05) is 13.1 Å². The smallest absolute Gasteiger partial charge is 0.251 e. The van der Waals surface area contributed by atoms with Crippen LogP contribution in [0, 0.1) is 11.5 Å². The van der Waals surface area contributed by atoms with Gasteiger partial charge in [-0.1, -0.05) is 18.2 Å². The van der Waals surface area contributed by atoms with Crippen molar-refractivity contribution in [2.24, 2.45) is 0 Å². The van der Waals surface area contributed by atoms with Crippen molar-refractivity contribution in [1.82, 2.24) is 10.2 Å². The number of rotatable bonds is 4. The lowest BCUT2D eigenvalue weighted by Crippen LogP contribution is -2.36. The van der Waals surface area contributed by atoms with E-state index in [0.717, 1.165) is 12.2 Å². The van der Waals surface area contributed by atoms with Crippen molar-refractivity contribution in [3.63, 3.8) is 0 Å². The Morgan fingerprint density at radius 2 is 1.83 bits per heavy atom. The van der Waals surface area contributed by atoms with Crippen molar-refractivity contribution in [3.05, 3.63) is 60.2 Å². The number of hydrogen-bond acceptors (Lipinski definition) is 4. The van der Waals surface area contributed by atoms with Crippen molar-refractivity contribution in [3.8, 4) is 17.7 Å². The second-order valence-corrected chi connectivity index (χ2v) is 5.44. The zero-order valence-electron chi connectivity index (χ0n) is 12.6. The monoisotopic (exact) mass is 307 g/mol. The molecule has 0 aromatic heterocycles. The molecule has 1 atom stereocenters. The minimum Gasteiger partial charge on any atom is -0.457 e. The van der Waals surface area contributed by atoms with Crippen LogP contribution in [-0.4, -0.2) is 29.9 Å². The molecule has 5 heteroatoms. The van der Waals surface area contributed by atoms with Gasteiger partial charge < -0.3 is 15.0 Å². The fourth-order valence-corrected chi connectivity index (χ4v) is 2.54. The predicted molar refractivity (Wildman–Crippen MR) is 86.0 cm³/mol. The summed E-state index contributed by atoms with van der Waals surface area (Å²) in [6.45, 7) is 1.28. The van der Waals surface area contributed by atoms with Crippen LogP contribution < -0.4 is 10.1 Å². The predicted octanol–water partition coefficient (Wildman–Crippen LogP) is 2.76. The standard InChI is InChI=1S/C18H17N3O2/c19-13-21-11-10-15(12-21)20-18(22)14-6-8-17(9-7-14)23-16-4-2-1-3-5-16/h1-9,15H,10-12H2,(H,20,22)/t15-/m1/s1. The highest BCUT2D eigenvalue weighted by Gasteiger charge is 2.23. The summed E-state index contributed by atoms with van der Waals surface area (Å²) in [6.07, 6.45) is 2.90. The van der Waals surface area contributed by atoms with Gasteiger partial charge in [0.05, 0.1) is 0 Å². The molecule has 0 saturated carbocycles. The molecule has 23 heavy (non-hydrogen) atoms. The van der Waals surface area contributed by atoms with E-state index in [1.165, 1.54) is 0 Å². The Bertz CT molecular complexity index is 707. The second-order valence-electron chi connectivity index (χ2n) is 5.44. The highest BCUT2D eigenvalue weighted by atomic mass is 16.5. The van der Waals surface area contributed by atoms with Gasteiger partial charge in [0.15, 0.2) is 6.19 Å². The number of nitrogens with one attached hydrogen (secondary N) is 1. The molecule has 1 aliphatic heterocycles. The average molecular weight is 307 g/mol. The number of carbonyl (C=O) groups excluding carboxylic acids is 1. The fourth-order valence-electron chi connectivity index (χ4n) is 2.54. The number of para-hydroxylation sites is 1. The van der Waals surface area contributed by atoms with Gasteiger partial charge in [-0.05, 0) is 42.8 Å². The molecule has 1 fully saturated rings. The lowest BCUT2D eigenvalue weighted by Gasteiger charge is -2.12. The van der Waals surface area contributed by atoms with Crippen LogP contribution in [0.5, 0.6) is 11.5 Å². The molecule has 0 radical (unpaired) electrons. The van der Waals surface area contributed by atoms with Crippen molar-refractivity contribution < 1.29 is 9.53 Å². The van der Waals surface area contributed by atoms with Crippen molar-refractivity contribution in [1.29, 1.82) is 5.26 Å². The van der Waals surface area contributed by atoms with Crippen molar-refractivity contribution in [2.45, 2.75) is 12.5 Å². The first kappa shape index (κ1) is 14.9. The van der Waals surface area contributed by atoms with Crippen molar-refractivity contribution >= 4 is 5.91 Å². The second kappa shape index (κ2) is 6.84. The molecule has 1 N–H and O–H groups in total. The Morgan fingerprint density at radius 3 is 2.48 bits per heavy atom. The number of nitriles is 1. The maximum atomic E-state index is 12.2. The average Bonchev–Trinajstić information content (AvgIpc) is 3.04. The highest BCUT2D eigenvalue weighted by Crippen LogP contribution is 2.21. The first-order valence-electron chi connectivity index (χ1n) is 7.53. The first-order valence-corrected chi connectivity index (χ1v) is 7.53. The topological polar surface area (TPSA) is 65.4 Å². The Labute approximate surface area is 135 Å². The number of ether oxygens (including phenoxy) is 1. The summed E-state index contributed by atoms with van der Waals surface area (Å²) >= 11 is 0. The van der Waals surface area contributed by atoms with E-state index in [9.17, 15) is 4.79 Å². The maximum absolute atomic E-state index is 12.2. The highest BCUT2D eigenvalue weighted by molar-refractivity contribution is 5.94. The van der Waals surface area contributed by atoms with Crippen LogP contribution in [0.2, 0.25) is 0 Å². The van der Waals surface area contributed by atoms with Gasteiger partial charge in [-0.25, -0.2) is 0 Å². The largest absolute Gasteiger partial charge is 0.457 e. The quantitative estimate of drug-likeness (QED) is 0.882. The Morgan fingerprint density at radius 1 is 1.13 bits per heavy atom. The number of amides is 1. The maximum Gasteiger partial charge on any atom is 0.251 e. The molecule has 0 spiro atoms. The van der Waals surface area contributed by atoms with Gasteiger partial charge in [0.25, 0.3) is 5.91 Å². The zero-order valence-corrected chi connectivity index (χ0v) is 12.6. The van der Waals surface area contributed by atoms with Gasteiger partial charge in [-0.15, -0.1) is 0 Å². The lowest BCUT2D eigenvalue weighted by atomic mass is 10.2. The number of nitrogens with zero attached hydrogens (tertiary/aromatic N) is 2. The summed E-state index contributed by atoms with van der Waals surface area (Å²) in [6, 6.07) is 16.6. The van der Waals surface area contributed by atoms with E-state index < -0.39 is 0 Å². The van der Waals surface area contributed by atoms with E-state index in [1.807, 2.05) is 30.3 Å². The van der Waals surface area contributed by atoms with Gasteiger partial charge in [0.2, 0.25) is 0 Å². The molecule has 2 aromatic rings. The van der Waals surface area contributed by atoms with Crippen LogP contribution in [-0.2, 0) is 0 Å². The summed E-state index contributed by atoms with van der Waals surface area (Å²) in [5.74, 6) is 1.32. The molecule has 0 bridgehead atoms. The van der Waals surface area contributed by atoms with Gasteiger partial charge in [-0.3, -0.25) is 4.79 Å². The van der Waals surface area contributed by atoms with E-state index in [0.29, 0.717) is 24.4 Å². The van der Waals surface area contributed by atoms with E-state index in [1.54, 1.807) is 29.2 Å². The number of hydrogen-bond donors (Lipinski definition) is 1. The normalized spacial score (nSPS) is 16.7. The van der Waals surface area contributed by atoms with Gasteiger partial charge in [0.1, 0.15) is 11.5 Å². The molecule has 1 aliphatic rings. The third-order valence-corrected chi connectivity index (χ3v) is 3.76. The molecule has 5 nitrogen and oxygen atoms in total. The van der Waals surface area contributed by atoms with Crippen LogP contribution in [0.1, 0.15) is 16.8 Å². The van der Waals surface area contributed by atoms with Gasteiger partial charge in [-0.2, -0.15) is 5.26 Å². The summed E-state index contributed by atoms with van der Waals surface area (Å²) < 4.78 is 5.70. The van der Waals surface area contributed by atoms with Crippen LogP contribution in [0.15, 0.2) is 54.6 Å². The minimum absolute atomic E-state index is 0.0300. The molecule has 1 heterocycles. The fraction of sp³-hybridized carbons (Fsp3) is 0.222. The number of carbonyl (C=O) groups is 1. The summed E-state index contributed by atoms with van der Waals surface area (Å²) in [7, 11) is 0. The number of benzene rings is 2. The third-order valence-electron chi connectivity index (χ3n) is 3.76. The summed E-state index contributed by atoms with van der Waals surface area (Å²) in [5.41, 5.74) is 0.584. The molecule has 116 valence electrons. The minimum atomic E-state index is -0.124. The van der Waals surface area contributed by atoms with E-state index in [-0.39, 0.29) is 11.9 Å². The first-order chi connectivity index (χ1) is 11.2. The van der Waals surface area contributed by atoms with Crippen LogP contribution in [0.4, 0.5) is 0 Å². The molecule has 0 aliphatic carbocycles. The molecule has 3 rings (SSSR count). The third kappa shape index (κ3) is 3.80. The SMILES string of the molecule is N#CN1CC[C@@H](NC(=O)c2ccc(Oc3ccccc3)cc2)C1. The summed E-state index contributed by atoms with van der Waals surface area (Å²) in [5, 5.41) is 11.8. The molecular weight excluding hydrogens is 290 g/mol. The van der Waals surface area contributed by atoms with Gasteiger partial charge in [0, 0.05) is 24.7 Å². The van der Waals surface area contributed by atoms with Crippen LogP contribution in [0.25, 0.3) is 0 Å². The zero-order chi connectivity index (χ0) is 16.1. The molecule has 1 saturated heterocycles. The molecule has 0 unspecified atom stereocenters. The van der Waals surface area contributed by atoms with E-state index in [2.05, 4.69) is 11.5 Å². The van der Waals surface area contributed by atoms with E-state index >= 15 is 0 Å². The van der Waals surface area contributed by atoms with Gasteiger partial charge >= 0.3 is 0 Å². The van der Waals surface area contributed by atoms with Crippen LogP contribution in [0.3, 0.4) is 0 Å². The lowest BCUT2D eigenvalue weighted by molar-refractivity contribution is 0.0939. The Balaban J connectivity index is 1.59. The van der Waals surface area contributed by atoms with E-state index in [4.69, 9.17) is 10.00 Å². The summed E-state index contributed by atoms with van der Waals surface area (Å²) in [4.78, 5) is 13.9.